The molecular formula is C14H20N6O2S. The highest BCUT2D eigenvalue weighted by Crippen LogP contribution is 2.14. The Morgan fingerprint density at radius 1 is 1.35 bits per heavy atom. The van der Waals surface area contributed by atoms with E-state index >= 15 is 0 Å². The van der Waals surface area contributed by atoms with Crippen molar-refractivity contribution in [1.82, 2.24) is 30.2 Å². The first kappa shape index (κ1) is 17.2. The molecule has 2 aromatic rings. The summed E-state index contributed by atoms with van der Waals surface area (Å²) < 4.78 is 1.63. The van der Waals surface area contributed by atoms with Crippen LogP contribution in [0.1, 0.15) is 31.7 Å². The Morgan fingerprint density at radius 2 is 2.09 bits per heavy atom. The molecule has 0 bridgehead atoms. The molecule has 0 aromatic carbocycles. The molecule has 124 valence electrons. The van der Waals surface area contributed by atoms with E-state index < -0.39 is 11.9 Å². The number of rotatable bonds is 5. The van der Waals surface area contributed by atoms with Crippen LogP contribution in [0.2, 0.25) is 0 Å². The monoisotopic (exact) mass is 336 g/mol. The van der Waals surface area contributed by atoms with E-state index in [1.807, 2.05) is 33.8 Å². The smallest absolute Gasteiger partial charge is 0.321 e. The average Bonchev–Trinajstić information content (AvgIpc) is 2.88. The first-order chi connectivity index (χ1) is 10.9. The van der Waals surface area contributed by atoms with Crippen LogP contribution in [0.15, 0.2) is 11.2 Å². The first-order valence-electron chi connectivity index (χ1n) is 7.33. The summed E-state index contributed by atoms with van der Waals surface area (Å²) in [5, 5.41) is 9.69. The second-order valence-corrected chi connectivity index (χ2v) is 6.21. The van der Waals surface area contributed by atoms with Crippen molar-refractivity contribution in [3.63, 3.8) is 0 Å². The number of nitrogens with zero attached hydrogens (tertiary/aromatic N) is 4. The summed E-state index contributed by atoms with van der Waals surface area (Å²) in [6.07, 6.45) is 0.799. The van der Waals surface area contributed by atoms with Crippen LogP contribution in [-0.2, 0) is 4.79 Å². The Bertz CT molecular complexity index is 729. The largest absolute Gasteiger partial charge is 0.335 e. The second kappa shape index (κ2) is 7.40. The molecule has 9 heteroatoms. The number of nitrogens with one attached hydrogen (secondary N) is 2. The van der Waals surface area contributed by atoms with Crippen molar-refractivity contribution in [2.75, 3.05) is 5.75 Å². The van der Waals surface area contributed by atoms with Gasteiger partial charge in [-0.1, -0.05) is 18.7 Å². The third-order valence-electron chi connectivity index (χ3n) is 3.17. The molecular weight excluding hydrogens is 316 g/mol. The lowest BCUT2D eigenvalue weighted by molar-refractivity contribution is -0.117. The summed E-state index contributed by atoms with van der Waals surface area (Å²) in [5.41, 5.74) is 1.78. The number of carbonyl (C=O) groups is 2. The molecule has 0 radical (unpaired) electrons. The number of hydrogen-bond acceptors (Lipinski definition) is 6. The normalized spacial score (nSPS) is 12.2. The van der Waals surface area contributed by atoms with Crippen LogP contribution < -0.4 is 10.6 Å². The first-order valence-corrected chi connectivity index (χ1v) is 8.31. The summed E-state index contributed by atoms with van der Waals surface area (Å²) in [6.45, 7) is 7.63. The Kier molecular flexibility index (Phi) is 5.54. The Morgan fingerprint density at radius 3 is 2.78 bits per heavy atom. The van der Waals surface area contributed by atoms with Crippen LogP contribution in [0.3, 0.4) is 0 Å². The van der Waals surface area contributed by atoms with Crippen molar-refractivity contribution in [1.29, 1.82) is 0 Å². The molecule has 3 amide bonds. The van der Waals surface area contributed by atoms with E-state index in [9.17, 15) is 9.59 Å². The van der Waals surface area contributed by atoms with E-state index in [0.717, 1.165) is 29.6 Å². The molecule has 0 aliphatic heterocycles. The number of urea groups is 1. The van der Waals surface area contributed by atoms with Gasteiger partial charge in [0.1, 0.15) is 0 Å². The predicted octanol–water partition coefficient (Wildman–Crippen LogP) is 1.46. The maximum Gasteiger partial charge on any atom is 0.321 e. The number of aryl methyl sites for hydroxylation is 2. The summed E-state index contributed by atoms with van der Waals surface area (Å²) >= 11 is 1.16. The number of amides is 3. The van der Waals surface area contributed by atoms with Crippen molar-refractivity contribution >= 4 is 29.5 Å². The third kappa shape index (κ3) is 4.65. The van der Waals surface area contributed by atoms with E-state index in [-0.39, 0.29) is 11.8 Å². The fraction of sp³-hybridized carbons (Fsp3) is 0.500. The topological polar surface area (TPSA) is 101 Å². The molecule has 0 fully saturated rings. The van der Waals surface area contributed by atoms with E-state index in [1.54, 1.807) is 4.52 Å². The van der Waals surface area contributed by atoms with Crippen molar-refractivity contribution in [3.8, 4) is 0 Å². The van der Waals surface area contributed by atoms with Crippen LogP contribution in [0.25, 0.3) is 5.78 Å². The van der Waals surface area contributed by atoms with Gasteiger partial charge in [0.2, 0.25) is 11.1 Å². The molecule has 0 aliphatic rings. The number of thioether (sulfide) groups is 1. The van der Waals surface area contributed by atoms with Crippen LogP contribution in [0, 0.1) is 13.8 Å². The van der Waals surface area contributed by atoms with Gasteiger partial charge in [-0.2, -0.15) is 4.98 Å². The maximum atomic E-state index is 11.8. The van der Waals surface area contributed by atoms with E-state index in [0.29, 0.717) is 10.9 Å². The zero-order chi connectivity index (χ0) is 17.0. The SMILES string of the molecule is CC[C@@H](C)NC(=O)NC(=O)CSc1nc2nc(C)cc(C)n2n1. The van der Waals surface area contributed by atoms with Gasteiger partial charge in [0.05, 0.1) is 5.75 Å². The van der Waals surface area contributed by atoms with Gasteiger partial charge in [0, 0.05) is 17.4 Å². The van der Waals surface area contributed by atoms with Crippen molar-refractivity contribution in [2.24, 2.45) is 0 Å². The number of hydrogen-bond donors (Lipinski definition) is 2. The van der Waals surface area contributed by atoms with Gasteiger partial charge < -0.3 is 5.32 Å². The minimum absolute atomic E-state index is 0.0212. The van der Waals surface area contributed by atoms with Crippen LogP contribution in [0.4, 0.5) is 4.79 Å². The third-order valence-corrected chi connectivity index (χ3v) is 4.01. The molecule has 0 saturated carbocycles. The van der Waals surface area contributed by atoms with Gasteiger partial charge in [0.15, 0.2) is 0 Å². The van der Waals surface area contributed by atoms with Gasteiger partial charge in [-0.3, -0.25) is 10.1 Å². The zero-order valence-electron chi connectivity index (χ0n) is 13.6. The second-order valence-electron chi connectivity index (χ2n) is 5.26. The molecule has 2 aromatic heterocycles. The lowest BCUT2D eigenvalue weighted by Gasteiger charge is -2.11. The molecule has 0 saturated heterocycles. The molecule has 8 nitrogen and oxygen atoms in total. The Balaban J connectivity index is 1.92. The summed E-state index contributed by atoms with van der Waals surface area (Å²) in [4.78, 5) is 31.9. The van der Waals surface area contributed by atoms with Crippen LogP contribution in [0.5, 0.6) is 0 Å². The highest BCUT2D eigenvalue weighted by molar-refractivity contribution is 7.99. The average molecular weight is 336 g/mol. The fourth-order valence-electron chi connectivity index (χ4n) is 1.86. The number of imide groups is 1. The van der Waals surface area contributed by atoms with Crippen LogP contribution >= 0.6 is 11.8 Å². The fourth-order valence-corrected chi connectivity index (χ4v) is 2.48. The molecule has 0 spiro atoms. The Labute approximate surface area is 138 Å². The van der Waals surface area contributed by atoms with E-state index in [2.05, 4.69) is 25.7 Å². The molecule has 2 heterocycles. The summed E-state index contributed by atoms with van der Waals surface area (Å²) in [6, 6.07) is 1.44. The number of carbonyl (C=O) groups excluding carboxylic acids is 2. The van der Waals surface area contributed by atoms with Crippen molar-refractivity contribution < 1.29 is 9.59 Å². The molecule has 2 N–H and O–H groups in total. The molecule has 0 unspecified atom stereocenters. The standard InChI is InChI=1S/C14H20N6O2S/c1-5-8(2)16-13(22)17-11(21)7-23-14-18-12-15-9(3)6-10(4)20(12)19-14/h6,8H,5,7H2,1-4H3,(H2,16,17,21,22)/t8-/m1/s1. The minimum atomic E-state index is -0.485. The van der Waals surface area contributed by atoms with E-state index in [1.165, 1.54) is 0 Å². The minimum Gasteiger partial charge on any atom is -0.335 e. The van der Waals surface area contributed by atoms with Gasteiger partial charge >= 0.3 is 6.03 Å². The van der Waals surface area contributed by atoms with Gasteiger partial charge in [-0.25, -0.2) is 14.3 Å². The lowest BCUT2D eigenvalue weighted by Crippen LogP contribution is -2.43. The zero-order valence-corrected chi connectivity index (χ0v) is 14.4. The molecule has 0 aliphatic carbocycles. The molecule has 23 heavy (non-hydrogen) atoms. The summed E-state index contributed by atoms with van der Waals surface area (Å²) in [5.74, 6) is 0.165. The number of fused-ring (bicyclic) bond motifs is 1. The molecule has 2 rings (SSSR count). The van der Waals surface area contributed by atoms with Gasteiger partial charge in [-0.15, -0.1) is 5.10 Å². The highest BCUT2D eigenvalue weighted by atomic mass is 32.2. The van der Waals surface area contributed by atoms with Crippen molar-refractivity contribution in [3.05, 3.63) is 17.5 Å². The van der Waals surface area contributed by atoms with Gasteiger partial charge in [-0.05, 0) is 33.3 Å². The lowest BCUT2D eigenvalue weighted by atomic mass is 10.3. The Hall–Kier alpha value is -2.16. The maximum absolute atomic E-state index is 11.8. The van der Waals surface area contributed by atoms with Crippen LogP contribution in [-0.4, -0.2) is 43.3 Å². The summed E-state index contributed by atoms with van der Waals surface area (Å²) in [7, 11) is 0. The van der Waals surface area contributed by atoms with E-state index in [4.69, 9.17) is 0 Å². The van der Waals surface area contributed by atoms with Gasteiger partial charge in [0.25, 0.3) is 5.78 Å². The quantitative estimate of drug-likeness (QED) is 0.802. The van der Waals surface area contributed by atoms with Crippen molar-refractivity contribution in [2.45, 2.75) is 45.3 Å². The highest BCUT2D eigenvalue weighted by Gasteiger charge is 2.13. The molecule has 1 atom stereocenters. The number of aromatic nitrogens is 4. The predicted molar refractivity (Wildman–Crippen MR) is 87.4 cm³/mol.